The fourth-order valence-corrected chi connectivity index (χ4v) is 3.26. The Hall–Kier alpha value is -2.32. The number of hydrogen-bond donors (Lipinski definition) is 4. The molecule has 0 spiro atoms. The molecule has 1 saturated heterocycles. The van der Waals surface area contributed by atoms with Gasteiger partial charge < -0.3 is 25.8 Å². The van der Waals surface area contributed by atoms with Crippen molar-refractivity contribution in [2.75, 3.05) is 52.5 Å². The topological polar surface area (TPSA) is 98.2 Å². The van der Waals surface area contributed by atoms with E-state index in [1.807, 2.05) is 6.92 Å². The minimum absolute atomic E-state index is 0.145. The minimum Gasteiger partial charge on any atom is -0.508 e. The van der Waals surface area contributed by atoms with Crippen molar-refractivity contribution in [1.82, 2.24) is 20.9 Å². The van der Waals surface area contributed by atoms with Crippen LogP contribution in [0.5, 0.6) is 5.75 Å². The number of benzene rings is 1. The molecule has 1 aliphatic rings. The van der Waals surface area contributed by atoms with Crippen LogP contribution in [0.25, 0.3) is 0 Å². The molecule has 1 unspecified atom stereocenters. The van der Waals surface area contributed by atoms with E-state index in [0.717, 1.165) is 38.8 Å². The summed E-state index contributed by atoms with van der Waals surface area (Å²) in [5.74, 6) is 1.24. The van der Waals surface area contributed by atoms with Gasteiger partial charge in [-0.1, -0.05) is 13.8 Å². The van der Waals surface area contributed by atoms with Gasteiger partial charge in [0.05, 0.1) is 19.8 Å². The van der Waals surface area contributed by atoms with E-state index in [-0.39, 0.29) is 11.7 Å². The van der Waals surface area contributed by atoms with E-state index in [1.165, 1.54) is 12.1 Å². The predicted octanol–water partition coefficient (Wildman–Crippen LogP) is 1.03. The summed E-state index contributed by atoms with van der Waals surface area (Å²) in [5, 5.41) is 18.7. The highest BCUT2D eigenvalue weighted by Gasteiger charge is 2.23. The molecule has 1 aliphatic heterocycles. The van der Waals surface area contributed by atoms with Crippen LogP contribution in [0.4, 0.5) is 0 Å². The summed E-state index contributed by atoms with van der Waals surface area (Å²) in [6, 6.07) is 6.58. The molecular weight excluding hydrogens is 370 g/mol. The molecule has 0 aliphatic carbocycles. The number of nitrogens with zero attached hydrogens (tertiary/aromatic N) is 2. The molecule has 0 aromatic heterocycles. The largest absolute Gasteiger partial charge is 0.508 e. The molecule has 8 heteroatoms. The number of guanidine groups is 1. The third kappa shape index (κ3) is 7.91. The van der Waals surface area contributed by atoms with Crippen LogP contribution in [0.1, 0.15) is 31.1 Å². The van der Waals surface area contributed by atoms with Gasteiger partial charge in [-0.2, -0.15) is 0 Å². The van der Waals surface area contributed by atoms with E-state index < -0.39 is 0 Å². The Morgan fingerprint density at radius 2 is 1.79 bits per heavy atom. The number of nitrogens with one attached hydrogen (secondary N) is 3. The van der Waals surface area contributed by atoms with Crippen LogP contribution in [0, 0.1) is 5.92 Å². The van der Waals surface area contributed by atoms with Crippen LogP contribution in [0.3, 0.4) is 0 Å². The van der Waals surface area contributed by atoms with E-state index in [2.05, 4.69) is 34.7 Å². The SMILES string of the molecule is CCNC(=NCC(C(C)C)N1CCOCC1)NCCNC(=O)c1ccc(O)cc1. The molecule has 4 N–H and O–H groups in total. The number of rotatable bonds is 9. The molecule has 1 amide bonds. The number of aliphatic imine (C=N–C) groups is 1. The molecule has 8 nitrogen and oxygen atoms in total. The Morgan fingerprint density at radius 3 is 2.41 bits per heavy atom. The standard InChI is InChI=1S/C21H35N5O3/c1-4-22-21(25-15-19(16(2)3)26-11-13-29-14-12-26)24-10-9-23-20(28)17-5-7-18(27)8-6-17/h5-8,16,19,27H,4,9-15H2,1-3H3,(H,23,28)(H2,22,24,25). The Bertz CT molecular complexity index is 642. The van der Waals surface area contributed by atoms with Crippen molar-refractivity contribution in [3.63, 3.8) is 0 Å². The number of aromatic hydroxyl groups is 1. The highest BCUT2D eigenvalue weighted by molar-refractivity contribution is 5.94. The molecule has 1 aromatic carbocycles. The number of phenols is 1. The first-order valence-electron chi connectivity index (χ1n) is 10.4. The maximum absolute atomic E-state index is 12.1. The van der Waals surface area contributed by atoms with Gasteiger partial charge in [0, 0.05) is 44.3 Å². The number of carbonyl (C=O) groups is 1. The molecule has 2 rings (SSSR count). The Morgan fingerprint density at radius 1 is 1.14 bits per heavy atom. The van der Waals surface area contributed by atoms with E-state index >= 15 is 0 Å². The highest BCUT2D eigenvalue weighted by Crippen LogP contribution is 2.13. The van der Waals surface area contributed by atoms with Crippen molar-refractivity contribution in [2.45, 2.75) is 26.8 Å². The quantitative estimate of drug-likeness (QED) is 0.278. The van der Waals surface area contributed by atoms with Crippen molar-refractivity contribution in [2.24, 2.45) is 10.9 Å². The lowest BCUT2D eigenvalue weighted by atomic mass is 10.0. The van der Waals surface area contributed by atoms with Gasteiger partial charge in [0.1, 0.15) is 5.75 Å². The van der Waals surface area contributed by atoms with Crippen LogP contribution in [0.2, 0.25) is 0 Å². The first kappa shape index (κ1) is 23.0. The van der Waals surface area contributed by atoms with Crippen LogP contribution in [-0.4, -0.2) is 80.4 Å². The van der Waals surface area contributed by atoms with Crippen molar-refractivity contribution in [3.05, 3.63) is 29.8 Å². The summed E-state index contributed by atoms with van der Waals surface area (Å²) in [6.45, 7) is 12.5. The smallest absolute Gasteiger partial charge is 0.251 e. The summed E-state index contributed by atoms with van der Waals surface area (Å²) in [7, 11) is 0. The number of ether oxygens (including phenoxy) is 1. The van der Waals surface area contributed by atoms with Gasteiger partial charge in [-0.05, 0) is 37.1 Å². The minimum atomic E-state index is -0.166. The second kappa shape index (κ2) is 12.3. The fourth-order valence-electron chi connectivity index (χ4n) is 3.26. The van der Waals surface area contributed by atoms with Crippen molar-refractivity contribution in [3.8, 4) is 5.75 Å². The van der Waals surface area contributed by atoms with Crippen molar-refractivity contribution in [1.29, 1.82) is 0 Å². The van der Waals surface area contributed by atoms with E-state index in [4.69, 9.17) is 9.73 Å². The van der Waals surface area contributed by atoms with Gasteiger partial charge in [-0.3, -0.25) is 14.7 Å². The summed E-state index contributed by atoms with van der Waals surface area (Å²) < 4.78 is 5.47. The van der Waals surface area contributed by atoms with Gasteiger partial charge in [-0.25, -0.2) is 0 Å². The average Bonchev–Trinajstić information content (AvgIpc) is 2.72. The summed E-state index contributed by atoms with van der Waals surface area (Å²) in [4.78, 5) is 19.3. The Kier molecular flexibility index (Phi) is 9.73. The monoisotopic (exact) mass is 405 g/mol. The molecule has 0 radical (unpaired) electrons. The fraction of sp³-hybridized carbons (Fsp3) is 0.619. The zero-order chi connectivity index (χ0) is 21.1. The number of morpholine rings is 1. The van der Waals surface area contributed by atoms with Crippen LogP contribution >= 0.6 is 0 Å². The molecule has 162 valence electrons. The molecule has 0 bridgehead atoms. The predicted molar refractivity (Wildman–Crippen MR) is 115 cm³/mol. The van der Waals surface area contributed by atoms with Crippen LogP contribution in [-0.2, 0) is 4.74 Å². The number of hydrogen-bond acceptors (Lipinski definition) is 5. The zero-order valence-electron chi connectivity index (χ0n) is 17.8. The van der Waals surface area contributed by atoms with Crippen LogP contribution < -0.4 is 16.0 Å². The van der Waals surface area contributed by atoms with Gasteiger partial charge >= 0.3 is 0 Å². The molecule has 0 saturated carbocycles. The highest BCUT2D eigenvalue weighted by atomic mass is 16.5. The maximum atomic E-state index is 12.1. The lowest BCUT2D eigenvalue weighted by Crippen LogP contribution is -2.48. The lowest BCUT2D eigenvalue weighted by molar-refractivity contribution is 0.00867. The van der Waals surface area contributed by atoms with E-state index in [1.54, 1.807) is 12.1 Å². The van der Waals surface area contributed by atoms with E-state index in [0.29, 0.717) is 37.2 Å². The Balaban J connectivity index is 1.81. The maximum Gasteiger partial charge on any atom is 0.251 e. The molecule has 1 heterocycles. The number of amides is 1. The lowest BCUT2D eigenvalue weighted by Gasteiger charge is -2.36. The normalized spacial score (nSPS) is 16.5. The van der Waals surface area contributed by atoms with Gasteiger partial charge in [0.2, 0.25) is 0 Å². The molecule has 29 heavy (non-hydrogen) atoms. The average molecular weight is 406 g/mol. The first-order chi connectivity index (χ1) is 14.0. The summed E-state index contributed by atoms with van der Waals surface area (Å²) >= 11 is 0. The second-order valence-corrected chi connectivity index (χ2v) is 7.41. The second-order valence-electron chi connectivity index (χ2n) is 7.41. The van der Waals surface area contributed by atoms with Crippen LogP contribution in [0.15, 0.2) is 29.3 Å². The van der Waals surface area contributed by atoms with Gasteiger partial charge in [0.25, 0.3) is 5.91 Å². The van der Waals surface area contributed by atoms with Gasteiger partial charge in [-0.15, -0.1) is 0 Å². The molecule has 1 fully saturated rings. The van der Waals surface area contributed by atoms with E-state index in [9.17, 15) is 9.90 Å². The number of phenolic OH excluding ortho intramolecular Hbond substituents is 1. The van der Waals surface area contributed by atoms with Crippen molar-refractivity contribution < 1.29 is 14.6 Å². The zero-order valence-corrected chi connectivity index (χ0v) is 17.8. The van der Waals surface area contributed by atoms with Gasteiger partial charge in [0.15, 0.2) is 5.96 Å². The number of carbonyl (C=O) groups excluding carboxylic acids is 1. The third-order valence-electron chi connectivity index (χ3n) is 4.90. The molecule has 1 aromatic rings. The molecule has 1 atom stereocenters. The summed E-state index contributed by atoms with van der Waals surface area (Å²) in [6.07, 6.45) is 0. The molecular formula is C21H35N5O3. The van der Waals surface area contributed by atoms with Crippen molar-refractivity contribution >= 4 is 11.9 Å². The third-order valence-corrected chi connectivity index (χ3v) is 4.90. The Labute approximate surface area is 173 Å². The summed E-state index contributed by atoms with van der Waals surface area (Å²) in [5.41, 5.74) is 0.522. The first-order valence-corrected chi connectivity index (χ1v) is 10.4.